The van der Waals surface area contributed by atoms with Gasteiger partial charge >= 0.3 is 0 Å². The average molecular weight is 320 g/mol. The molecular formula is C12H17IO2. The van der Waals surface area contributed by atoms with E-state index >= 15 is 0 Å². The SMILES string of the molecule is CCOC(Cc1ccccc1I)OCC. The van der Waals surface area contributed by atoms with E-state index in [0.717, 1.165) is 6.42 Å². The first-order valence-electron chi connectivity index (χ1n) is 5.24. The van der Waals surface area contributed by atoms with Gasteiger partial charge in [-0.3, -0.25) is 0 Å². The second-order valence-corrected chi connectivity index (χ2v) is 4.30. The van der Waals surface area contributed by atoms with E-state index in [-0.39, 0.29) is 6.29 Å². The van der Waals surface area contributed by atoms with Crippen molar-refractivity contribution >= 4 is 22.6 Å². The molecule has 0 N–H and O–H groups in total. The van der Waals surface area contributed by atoms with E-state index in [0.29, 0.717) is 13.2 Å². The van der Waals surface area contributed by atoms with Gasteiger partial charge in [0.2, 0.25) is 0 Å². The van der Waals surface area contributed by atoms with Crippen molar-refractivity contribution in [1.29, 1.82) is 0 Å². The van der Waals surface area contributed by atoms with E-state index in [1.54, 1.807) is 0 Å². The highest BCUT2D eigenvalue weighted by molar-refractivity contribution is 14.1. The van der Waals surface area contributed by atoms with Gasteiger partial charge in [-0.25, -0.2) is 0 Å². The summed E-state index contributed by atoms with van der Waals surface area (Å²) in [7, 11) is 0. The van der Waals surface area contributed by atoms with Crippen molar-refractivity contribution in [2.75, 3.05) is 13.2 Å². The molecule has 0 aliphatic carbocycles. The highest BCUT2D eigenvalue weighted by atomic mass is 127. The molecule has 0 atom stereocenters. The molecule has 0 aromatic heterocycles. The molecule has 1 rings (SSSR count). The molecule has 0 saturated heterocycles. The van der Waals surface area contributed by atoms with Crippen LogP contribution in [-0.4, -0.2) is 19.5 Å². The van der Waals surface area contributed by atoms with Crippen molar-refractivity contribution in [2.24, 2.45) is 0 Å². The first-order chi connectivity index (χ1) is 7.27. The molecule has 3 heteroatoms. The Labute approximate surface area is 105 Å². The molecule has 0 aliphatic heterocycles. The topological polar surface area (TPSA) is 18.5 Å². The summed E-state index contributed by atoms with van der Waals surface area (Å²) in [4.78, 5) is 0. The molecule has 0 saturated carbocycles. The Morgan fingerprint density at radius 3 is 2.27 bits per heavy atom. The monoisotopic (exact) mass is 320 g/mol. The Morgan fingerprint density at radius 1 is 1.13 bits per heavy atom. The van der Waals surface area contributed by atoms with Crippen molar-refractivity contribution in [2.45, 2.75) is 26.6 Å². The van der Waals surface area contributed by atoms with Crippen LogP contribution in [0, 0.1) is 3.57 Å². The van der Waals surface area contributed by atoms with E-state index < -0.39 is 0 Å². The van der Waals surface area contributed by atoms with E-state index in [1.165, 1.54) is 9.13 Å². The van der Waals surface area contributed by atoms with Crippen molar-refractivity contribution < 1.29 is 9.47 Å². The number of halogens is 1. The average Bonchev–Trinajstić information content (AvgIpc) is 2.22. The normalized spacial score (nSPS) is 10.9. The second kappa shape index (κ2) is 7.19. The molecule has 0 fully saturated rings. The van der Waals surface area contributed by atoms with E-state index in [4.69, 9.17) is 9.47 Å². The van der Waals surface area contributed by atoms with Gasteiger partial charge in [-0.1, -0.05) is 18.2 Å². The molecular weight excluding hydrogens is 303 g/mol. The minimum Gasteiger partial charge on any atom is -0.353 e. The second-order valence-electron chi connectivity index (χ2n) is 3.14. The van der Waals surface area contributed by atoms with Gasteiger partial charge in [-0.2, -0.15) is 0 Å². The summed E-state index contributed by atoms with van der Waals surface area (Å²) in [5.74, 6) is 0. The smallest absolute Gasteiger partial charge is 0.161 e. The standard InChI is InChI=1S/C12H17IO2/c1-3-14-12(15-4-2)9-10-7-5-6-8-11(10)13/h5-8,12H,3-4,9H2,1-2H3. The van der Waals surface area contributed by atoms with Crippen LogP contribution in [0.3, 0.4) is 0 Å². The van der Waals surface area contributed by atoms with Crippen LogP contribution in [0.2, 0.25) is 0 Å². The number of benzene rings is 1. The van der Waals surface area contributed by atoms with Crippen LogP contribution in [0.15, 0.2) is 24.3 Å². The van der Waals surface area contributed by atoms with Crippen LogP contribution in [0.5, 0.6) is 0 Å². The molecule has 15 heavy (non-hydrogen) atoms. The van der Waals surface area contributed by atoms with Gasteiger partial charge in [-0.15, -0.1) is 0 Å². The van der Waals surface area contributed by atoms with Crippen LogP contribution in [0.1, 0.15) is 19.4 Å². The molecule has 0 aliphatic rings. The van der Waals surface area contributed by atoms with E-state index in [1.807, 2.05) is 26.0 Å². The number of rotatable bonds is 6. The predicted octanol–water partition coefficient (Wildman–Crippen LogP) is 3.23. The minimum absolute atomic E-state index is 0.115. The van der Waals surface area contributed by atoms with Gasteiger partial charge in [0, 0.05) is 23.2 Å². The van der Waals surface area contributed by atoms with Crippen molar-refractivity contribution in [3.05, 3.63) is 33.4 Å². The lowest BCUT2D eigenvalue weighted by Gasteiger charge is -2.17. The fourth-order valence-electron chi connectivity index (χ4n) is 1.38. The maximum absolute atomic E-state index is 5.52. The summed E-state index contributed by atoms with van der Waals surface area (Å²) in [6.07, 6.45) is 0.705. The van der Waals surface area contributed by atoms with E-state index in [2.05, 4.69) is 34.7 Å². The summed E-state index contributed by atoms with van der Waals surface area (Å²) in [5.41, 5.74) is 1.28. The van der Waals surface area contributed by atoms with Crippen LogP contribution in [-0.2, 0) is 15.9 Å². The molecule has 0 spiro atoms. The molecule has 1 aromatic rings. The summed E-state index contributed by atoms with van der Waals surface area (Å²) in [5, 5.41) is 0. The Kier molecular flexibility index (Phi) is 6.20. The lowest BCUT2D eigenvalue weighted by Crippen LogP contribution is -2.20. The molecule has 84 valence electrons. The number of ether oxygens (including phenoxy) is 2. The highest BCUT2D eigenvalue weighted by Gasteiger charge is 2.10. The molecule has 0 bridgehead atoms. The Hall–Kier alpha value is -0.130. The molecule has 0 unspecified atom stereocenters. The van der Waals surface area contributed by atoms with Crippen molar-refractivity contribution in [3.63, 3.8) is 0 Å². The number of hydrogen-bond acceptors (Lipinski definition) is 2. The Morgan fingerprint density at radius 2 is 1.73 bits per heavy atom. The third-order valence-corrected chi connectivity index (χ3v) is 3.10. The third kappa shape index (κ3) is 4.49. The van der Waals surface area contributed by atoms with Crippen molar-refractivity contribution in [1.82, 2.24) is 0 Å². The first-order valence-corrected chi connectivity index (χ1v) is 6.32. The largest absolute Gasteiger partial charge is 0.353 e. The summed E-state index contributed by atoms with van der Waals surface area (Å²) >= 11 is 2.34. The lowest BCUT2D eigenvalue weighted by molar-refractivity contribution is -0.134. The zero-order valence-electron chi connectivity index (χ0n) is 9.20. The molecule has 0 heterocycles. The number of hydrogen-bond donors (Lipinski definition) is 0. The lowest BCUT2D eigenvalue weighted by atomic mass is 10.1. The molecule has 1 aromatic carbocycles. The fourth-order valence-corrected chi connectivity index (χ4v) is 1.99. The summed E-state index contributed by atoms with van der Waals surface area (Å²) in [6, 6.07) is 8.31. The first kappa shape index (κ1) is 12.9. The zero-order chi connectivity index (χ0) is 11.1. The summed E-state index contributed by atoms with van der Waals surface area (Å²) in [6.45, 7) is 5.35. The van der Waals surface area contributed by atoms with Crippen LogP contribution < -0.4 is 0 Å². The van der Waals surface area contributed by atoms with Gasteiger partial charge in [0.05, 0.1) is 0 Å². The van der Waals surface area contributed by atoms with E-state index in [9.17, 15) is 0 Å². The Balaban J connectivity index is 2.60. The highest BCUT2D eigenvalue weighted by Crippen LogP contribution is 2.15. The van der Waals surface area contributed by atoms with Gasteiger partial charge in [-0.05, 0) is 48.1 Å². The zero-order valence-corrected chi connectivity index (χ0v) is 11.4. The van der Waals surface area contributed by atoms with Gasteiger partial charge in [0.1, 0.15) is 0 Å². The molecule has 2 nitrogen and oxygen atoms in total. The Bertz CT molecular complexity index is 283. The predicted molar refractivity (Wildman–Crippen MR) is 69.9 cm³/mol. The quantitative estimate of drug-likeness (QED) is 0.592. The molecule has 0 amide bonds. The van der Waals surface area contributed by atoms with Crippen LogP contribution >= 0.6 is 22.6 Å². The maximum Gasteiger partial charge on any atom is 0.161 e. The fraction of sp³-hybridized carbons (Fsp3) is 0.500. The van der Waals surface area contributed by atoms with Crippen LogP contribution in [0.4, 0.5) is 0 Å². The third-order valence-electron chi connectivity index (χ3n) is 2.05. The van der Waals surface area contributed by atoms with Gasteiger partial charge in [0.15, 0.2) is 6.29 Å². The van der Waals surface area contributed by atoms with Crippen molar-refractivity contribution in [3.8, 4) is 0 Å². The van der Waals surface area contributed by atoms with Crippen LogP contribution in [0.25, 0.3) is 0 Å². The maximum atomic E-state index is 5.52. The molecule has 0 radical (unpaired) electrons. The minimum atomic E-state index is -0.115. The summed E-state index contributed by atoms with van der Waals surface area (Å²) < 4.78 is 12.3. The van der Waals surface area contributed by atoms with Gasteiger partial charge < -0.3 is 9.47 Å². The van der Waals surface area contributed by atoms with Gasteiger partial charge in [0.25, 0.3) is 0 Å².